The fourth-order valence-electron chi connectivity index (χ4n) is 1.02. The molecule has 0 aromatic carbocycles. The van der Waals surface area contributed by atoms with E-state index in [2.05, 4.69) is 18.7 Å². The largest absolute Gasteiger partial charge is 0.395 e. The van der Waals surface area contributed by atoms with Crippen LogP contribution in [0.2, 0.25) is 0 Å². The van der Waals surface area contributed by atoms with Crippen molar-refractivity contribution >= 4 is 5.84 Å². The molecule has 0 spiro atoms. The first-order valence-corrected chi connectivity index (χ1v) is 4.25. The molecule has 0 heterocycles. The standard InChI is InChI=1S/C8H19N3O/c1-7(2)11(5-6-12)4-3-8(9)10/h7,12H,3-6H2,1-2H3,(H3,9,10). The highest BCUT2D eigenvalue weighted by atomic mass is 16.3. The van der Waals surface area contributed by atoms with Crippen molar-refractivity contribution in [3.8, 4) is 0 Å². The minimum Gasteiger partial charge on any atom is -0.395 e. The van der Waals surface area contributed by atoms with Crippen LogP contribution >= 0.6 is 0 Å². The third kappa shape index (κ3) is 5.09. The number of amidine groups is 1. The van der Waals surface area contributed by atoms with Crippen molar-refractivity contribution in [1.29, 1.82) is 5.41 Å². The lowest BCUT2D eigenvalue weighted by Gasteiger charge is -2.24. The highest BCUT2D eigenvalue weighted by Gasteiger charge is 2.07. The molecule has 0 radical (unpaired) electrons. The zero-order valence-electron chi connectivity index (χ0n) is 7.88. The lowest BCUT2D eigenvalue weighted by molar-refractivity contribution is 0.169. The number of nitrogens with one attached hydrogen (secondary N) is 1. The van der Waals surface area contributed by atoms with Gasteiger partial charge in [0.1, 0.15) is 0 Å². The molecule has 12 heavy (non-hydrogen) atoms. The van der Waals surface area contributed by atoms with E-state index in [9.17, 15) is 0 Å². The lowest BCUT2D eigenvalue weighted by atomic mass is 10.3. The van der Waals surface area contributed by atoms with Crippen LogP contribution in [0.5, 0.6) is 0 Å². The second kappa shape index (κ2) is 5.97. The summed E-state index contributed by atoms with van der Waals surface area (Å²) in [5.74, 6) is 0.207. The van der Waals surface area contributed by atoms with E-state index in [0.29, 0.717) is 19.0 Å². The Labute approximate surface area is 73.9 Å². The minimum absolute atomic E-state index is 0.163. The van der Waals surface area contributed by atoms with Crippen LogP contribution in [0.1, 0.15) is 20.3 Å². The van der Waals surface area contributed by atoms with Gasteiger partial charge < -0.3 is 10.8 Å². The highest BCUT2D eigenvalue weighted by Crippen LogP contribution is 1.98. The molecule has 0 unspecified atom stereocenters. The summed E-state index contributed by atoms with van der Waals surface area (Å²) in [5.41, 5.74) is 5.23. The van der Waals surface area contributed by atoms with Gasteiger partial charge in [0.05, 0.1) is 12.4 Å². The molecule has 0 aromatic heterocycles. The Balaban J connectivity index is 3.70. The topological polar surface area (TPSA) is 73.3 Å². The van der Waals surface area contributed by atoms with Gasteiger partial charge in [-0.15, -0.1) is 0 Å². The zero-order chi connectivity index (χ0) is 9.56. The molecular weight excluding hydrogens is 154 g/mol. The number of rotatable bonds is 6. The molecule has 72 valence electrons. The summed E-state index contributed by atoms with van der Waals surface area (Å²) < 4.78 is 0. The Morgan fingerprint density at radius 1 is 1.50 bits per heavy atom. The molecule has 0 amide bonds. The summed E-state index contributed by atoms with van der Waals surface area (Å²) >= 11 is 0. The van der Waals surface area contributed by atoms with Crippen LogP contribution in [-0.2, 0) is 0 Å². The van der Waals surface area contributed by atoms with Gasteiger partial charge in [-0.25, -0.2) is 0 Å². The van der Waals surface area contributed by atoms with Gasteiger partial charge in [0.15, 0.2) is 0 Å². The molecule has 0 atom stereocenters. The van der Waals surface area contributed by atoms with Crippen LogP contribution in [0, 0.1) is 5.41 Å². The summed E-state index contributed by atoms with van der Waals surface area (Å²) in [6, 6.07) is 0.400. The van der Waals surface area contributed by atoms with Gasteiger partial charge in [0, 0.05) is 25.6 Å². The van der Waals surface area contributed by atoms with Gasteiger partial charge in [-0.1, -0.05) is 0 Å². The van der Waals surface area contributed by atoms with Crippen molar-refractivity contribution in [2.24, 2.45) is 5.73 Å². The van der Waals surface area contributed by atoms with E-state index in [4.69, 9.17) is 16.2 Å². The second-order valence-corrected chi connectivity index (χ2v) is 3.13. The fourth-order valence-corrected chi connectivity index (χ4v) is 1.02. The maximum absolute atomic E-state index is 8.72. The SMILES string of the molecule is CC(C)N(CCO)CCC(=N)N. The maximum atomic E-state index is 8.72. The molecule has 0 fully saturated rings. The van der Waals surface area contributed by atoms with E-state index in [1.165, 1.54) is 0 Å². The first-order valence-electron chi connectivity index (χ1n) is 4.25. The Bertz CT molecular complexity index is 136. The van der Waals surface area contributed by atoms with Crippen LogP contribution in [0.3, 0.4) is 0 Å². The van der Waals surface area contributed by atoms with Crippen LogP contribution in [0.25, 0.3) is 0 Å². The van der Waals surface area contributed by atoms with E-state index in [1.807, 2.05) is 0 Å². The minimum atomic E-state index is 0.163. The normalized spacial score (nSPS) is 11.1. The van der Waals surface area contributed by atoms with Crippen molar-refractivity contribution in [3.05, 3.63) is 0 Å². The number of nitrogens with two attached hydrogens (primary N) is 1. The van der Waals surface area contributed by atoms with Gasteiger partial charge >= 0.3 is 0 Å². The van der Waals surface area contributed by atoms with Crippen molar-refractivity contribution in [2.75, 3.05) is 19.7 Å². The summed E-state index contributed by atoms with van der Waals surface area (Å²) in [6.07, 6.45) is 0.582. The quantitative estimate of drug-likeness (QED) is 0.391. The van der Waals surface area contributed by atoms with Gasteiger partial charge in [-0.05, 0) is 13.8 Å². The molecule has 4 N–H and O–H groups in total. The fraction of sp³-hybridized carbons (Fsp3) is 0.875. The summed E-state index contributed by atoms with van der Waals surface area (Å²) in [6.45, 7) is 5.71. The molecule has 4 heteroatoms. The van der Waals surface area contributed by atoms with Gasteiger partial charge in [-0.2, -0.15) is 0 Å². The highest BCUT2D eigenvalue weighted by molar-refractivity contribution is 5.76. The Kier molecular flexibility index (Phi) is 5.66. The van der Waals surface area contributed by atoms with Crippen LogP contribution in [-0.4, -0.2) is 41.6 Å². The average molecular weight is 173 g/mol. The molecule has 4 nitrogen and oxygen atoms in total. The smallest absolute Gasteiger partial charge is 0.0918 e. The zero-order valence-corrected chi connectivity index (χ0v) is 7.88. The molecule has 0 aliphatic carbocycles. The summed E-state index contributed by atoms with van der Waals surface area (Å²) in [4.78, 5) is 2.10. The lowest BCUT2D eigenvalue weighted by Crippen LogP contribution is -2.35. The van der Waals surface area contributed by atoms with E-state index in [0.717, 1.165) is 6.54 Å². The van der Waals surface area contributed by atoms with Gasteiger partial charge in [-0.3, -0.25) is 10.3 Å². The van der Waals surface area contributed by atoms with Crippen LogP contribution in [0.15, 0.2) is 0 Å². The van der Waals surface area contributed by atoms with Crippen molar-refractivity contribution in [3.63, 3.8) is 0 Å². The van der Waals surface area contributed by atoms with Crippen molar-refractivity contribution in [1.82, 2.24) is 4.90 Å². The average Bonchev–Trinajstić information content (AvgIpc) is 1.96. The van der Waals surface area contributed by atoms with Crippen molar-refractivity contribution < 1.29 is 5.11 Å². The predicted octanol–water partition coefficient (Wildman–Crippen LogP) is 0.0152. The van der Waals surface area contributed by atoms with E-state index < -0.39 is 0 Å². The molecule has 0 saturated carbocycles. The summed E-state index contributed by atoms with van der Waals surface area (Å²) in [5, 5.41) is 15.8. The monoisotopic (exact) mass is 173 g/mol. The molecule has 0 aliphatic rings. The molecule has 0 aromatic rings. The van der Waals surface area contributed by atoms with Gasteiger partial charge in [0.25, 0.3) is 0 Å². The predicted molar refractivity (Wildman–Crippen MR) is 50.3 cm³/mol. The van der Waals surface area contributed by atoms with E-state index >= 15 is 0 Å². The Morgan fingerprint density at radius 2 is 2.08 bits per heavy atom. The number of aliphatic hydroxyl groups is 1. The molecule has 0 rings (SSSR count). The summed E-state index contributed by atoms with van der Waals surface area (Å²) in [7, 11) is 0. The number of aliphatic hydroxyl groups excluding tert-OH is 1. The molecule has 0 bridgehead atoms. The number of nitrogens with zero attached hydrogens (tertiary/aromatic N) is 1. The third-order valence-corrected chi connectivity index (χ3v) is 1.79. The number of hydrogen-bond acceptors (Lipinski definition) is 3. The molecular formula is C8H19N3O. The van der Waals surface area contributed by atoms with Crippen molar-refractivity contribution in [2.45, 2.75) is 26.3 Å². The first kappa shape index (κ1) is 11.4. The number of hydrogen-bond donors (Lipinski definition) is 3. The van der Waals surface area contributed by atoms with E-state index in [1.54, 1.807) is 0 Å². The van der Waals surface area contributed by atoms with Crippen LogP contribution < -0.4 is 5.73 Å². The molecule has 0 saturated heterocycles. The Hall–Kier alpha value is -0.610. The van der Waals surface area contributed by atoms with Crippen LogP contribution in [0.4, 0.5) is 0 Å². The van der Waals surface area contributed by atoms with E-state index in [-0.39, 0.29) is 12.4 Å². The van der Waals surface area contributed by atoms with Gasteiger partial charge in [0.2, 0.25) is 0 Å². The third-order valence-electron chi connectivity index (χ3n) is 1.79. The second-order valence-electron chi connectivity index (χ2n) is 3.13. The maximum Gasteiger partial charge on any atom is 0.0918 e. The first-order chi connectivity index (χ1) is 5.57. The molecule has 0 aliphatic heterocycles. The Morgan fingerprint density at radius 3 is 2.42 bits per heavy atom.